The molecule has 0 aliphatic rings. The highest BCUT2D eigenvalue weighted by molar-refractivity contribution is 7.13. The van der Waals surface area contributed by atoms with Gasteiger partial charge < -0.3 is 10.1 Å². The second-order valence-electron chi connectivity index (χ2n) is 5.27. The molecule has 1 unspecified atom stereocenters. The smallest absolute Gasteiger partial charge is 0.335 e. The van der Waals surface area contributed by atoms with Crippen LogP contribution in [-0.4, -0.2) is 16.1 Å². The average Bonchev–Trinajstić information content (AvgIpc) is 3.12. The number of carboxylic acids is 1. The number of thiophene rings is 1. The minimum Gasteiger partial charge on any atom is -0.478 e. The zero-order valence-electron chi connectivity index (χ0n) is 12.0. The first-order chi connectivity index (χ1) is 10.1. The fourth-order valence-corrected chi connectivity index (χ4v) is 3.42. The molecule has 0 aliphatic carbocycles. The van der Waals surface area contributed by atoms with Gasteiger partial charge in [-0.15, -0.1) is 11.3 Å². The molecule has 3 rings (SSSR count). The highest BCUT2D eigenvalue weighted by atomic mass is 32.1. The van der Waals surface area contributed by atoms with E-state index in [1.54, 1.807) is 23.5 Å². The molecule has 0 saturated heterocycles. The van der Waals surface area contributed by atoms with Gasteiger partial charge in [0.15, 0.2) is 0 Å². The van der Waals surface area contributed by atoms with E-state index in [0.717, 1.165) is 23.0 Å². The molecule has 1 atom stereocenters. The highest BCUT2D eigenvalue weighted by Gasteiger charge is 2.19. The summed E-state index contributed by atoms with van der Waals surface area (Å²) in [4.78, 5) is 15.8. The molecule has 4 heteroatoms. The maximum atomic E-state index is 11.1. The average molecular weight is 299 g/mol. The van der Waals surface area contributed by atoms with E-state index in [4.69, 9.17) is 5.11 Å². The van der Waals surface area contributed by atoms with Crippen molar-refractivity contribution >= 4 is 28.2 Å². The molecule has 2 aromatic heterocycles. The van der Waals surface area contributed by atoms with Crippen LogP contribution in [0.1, 0.15) is 42.1 Å². The van der Waals surface area contributed by atoms with Gasteiger partial charge in [0.25, 0.3) is 0 Å². The third-order valence-corrected chi connectivity index (χ3v) is 4.85. The van der Waals surface area contributed by atoms with Crippen molar-refractivity contribution in [2.45, 2.75) is 26.2 Å². The fourth-order valence-electron chi connectivity index (χ4n) is 2.68. The van der Waals surface area contributed by atoms with Gasteiger partial charge in [-0.05, 0) is 41.5 Å². The van der Waals surface area contributed by atoms with E-state index in [1.165, 1.54) is 10.4 Å². The van der Waals surface area contributed by atoms with Gasteiger partial charge in [0.05, 0.1) is 16.1 Å². The van der Waals surface area contributed by atoms with Crippen LogP contribution in [0.2, 0.25) is 0 Å². The van der Waals surface area contributed by atoms with E-state index < -0.39 is 5.97 Å². The van der Waals surface area contributed by atoms with Crippen molar-refractivity contribution in [3.05, 3.63) is 46.8 Å². The Balaban J connectivity index is 2.28. The molecule has 0 saturated carbocycles. The second-order valence-corrected chi connectivity index (χ2v) is 6.21. The van der Waals surface area contributed by atoms with Gasteiger partial charge in [0.1, 0.15) is 0 Å². The van der Waals surface area contributed by atoms with E-state index in [-0.39, 0.29) is 0 Å². The first-order valence-corrected chi connectivity index (χ1v) is 7.92. The van der Waals surface area contributed by atoms with Crippen LogP contribution >= 0.6 is 11.3 Å². The Morgan fingerprint density at radius 1 is 1.38 bits per heavy atom. The van der Waals surface area contributed by atoms with Crippen LogP contribution in [0.15, 0.2) is 35.7 Å². The first kappa shape index (κ1) is 13.9. The Bertz CT molecular complexity index is 787. The second kappa shape index (κ2) is 5.37. The number of H-pyrrole nitrogens is 1. The summed E-state index contributed by atoms with van der Waals surface area (Å²) < 4.78 is 0. The van der Waals surface area contributed by atoms with Crippen molar-refractivity contribution < 1.29 is 9.90 Å². The van der Waals surface area contributed by atoms with Crippen LogP contribution in [0.25, 0.3) is 21.5 Å². The first-order valence-electron chi connectivity index (χ1n) is 7.04. The van der Waals surface area contributed by atoms with Crippen LogP contribution in [-0.2, 0) is 0 Å². The van der Waals surface area contributed by atoms with E-state index >= 15 is 0 Å². The predicted octanol–water partition coefficient (Wildman–Crippen LogP) is 5.11. The van der Waals surface area contributed by atoms with Crippen molar-refractivity contribution in [1.29, 1.82) is 0 Å². The summed E-state index contributed by atoms with van der Waals surface area (Å²) in [6.07, 6.45) is 1.05. The Labute approximate surface area is 127 Å². The van der Waals surface area contributed by atoms with Gasteiger partial charge >= 0.3 is 5.97 Å². The molecular formula is C17H17NO2S. The van der Waals surface area contributed by atoms with Crippen LogP contribution in [0, 0.1) is 0 Å². The van der Waals surface area contributed by atoms with Crippen molar-refractivity contribution in [1.82, 2.24) is 4.98 Å². The molecule has 2 heterocycles. The summed E-state index contributed by atoms with van der Waals surface area (Å²) in [5.74, 6) is -0.471. The lowest BCUT2D eigenvalue weighted by Crippen LogP contribution is -1.95. The molecule has 1 aromatic carbocycles. The normalized spacial score (nSPS) is 12.7. The van der Waals surface area contributed by atoms with Crippen LogP contribution in [0.4, 0.5) is 0 Å². The number of aromatic carboxylic acids is 1. The maximum absolute atomic E-state index is 11.1. The third kappa shape index (κ3) is 2.36. The van der Waals surface area contributed by atoms with Crippen LogP contribution in [0.3, 0.4) is 0 Å². The number of hydrogen-bond donors (Lipinski definition) is 2. The number of fused-ring (bicyclic) bond motifs is 1. The molecule has 108 valence electrons. The Morgan fingerprint density at radius 2 is 2.19 bits per heavy atom. The molecule has 0 radical (unpaired) electrons. The molecule has 0 amide bonds. The van der Waals surface area contributed by atoms with E-state index in [1.807, 2.05) is 12.1 Å². The summed E-state index contributed by atoms with van der Waals surface area (Å²) in [6, 6.07) is 9.46. The molecule has 0 bridgehead atoms. The summed E-state index contributed by atoms with van der Waals surface area (Å²) in [5.41, 5.74) is 3.62. The van der Waals surface area contributed by atoms with Crippen molar-refractivity contribution in [2.24, 2.45) is 0 Å². The molecule has 3 nitrogen and oxygen atoms in total. The van der Waals surface area contributed by atoms with E-state index in [2.05, 4.69) is 30.3 Å². The van der Waals surface area contributed by atoms with Gasteiger partial charge in [0, 0.05) is 10.9 Å². The molecule has 3 aromatic rings. The zero-order chi connectivity index (χ0) is 15.0. The van der Waals surface area contributed by atoms with E-state index in [0.29, 0.717) is 11.5 Å². The topological polar surface area (TPSA) is 53.1 Å². The number of benzene rings is 1. The standard InChI is InChI=1S/C17H17NO2S/c1-3-10(2)15-12-7-6-11(17(19)20)9-13(12)18-16(15)14-5-4-8-21-14/h4-10,18H,3H2,1-2H3,(H,19,20). The van der Waals surface area contributed by atoms with Crippen LogP contribution in [0.5, 0.6) is 0 Å². The minimum absolute atomic E-state index is 0.317. The number of carbonyl (C=O) groups is 1. The van der Waals surface area contributed by atoms with Gasteiger partial charge in [0.2, 0.25) is 0 Å². The van der Waals surface area contributed by atoms with Gasteiger partial charge in [-0.1, -0.05) is 26.0 Å². The largest absolute Gasteiger partial charge is 0.478 e. The fraction of sp³-hybridized carbons (Fsp3) is 0.235. The number of hydrogen-bond acceptors (Lipinski definition) is 2. The lowest BCUT2D eigenvalue weighted by molar-refractivity contribution is 0.0697. The van der Waals surface area contributed by atoms with Crippen molar-refractivity contribution in [3.8, 4) is 10.6 Å². The Kier molecular flexibility index (Phi) is 3.55. The zero-order valence-corrected chi connectivity index (χ0v) is 12.8. The number of rotatable bonds is 4. The number of aromatic nitrogens is 1. The van der Waals surface area contributed by atoms with Gasteiger partial charge in [-0.3, -0.25) is 0 Å². The monoisotopic (exact) mass is 299 g/mol. The summed E-state index contributed by atoms with van der Waals surface area (Å²) in [6.45, 7) is 4.39. The number of aromatic amines is 1. The van der Waals surface area contributed by atoms with Gasteiger partial charge in [-0.2, -0.15) is 0 Å². The lowest BCUT2D eigenvalue weighted by atomic mass is 9.94. The molecule has 2 N–H and O–H groups in total. The molecular weight excluding hydrogens is 282 g/mol. The third-order valence-electron chi connectivity index (χ3n) is 3.96. The van der Waals surface area contributed by atoms with Crippen molar-refractivity contribution in [3.63, 3.8) is 0 Å². The SMILES string of the molecule is CCC(C)c1c(-c2cccs2)[nH]c2cc(C(=O)O)ccc12. The minimum atomic E-state index is -0.894. The Hall–Kier alpha value is -2.07. The summed E-state index contributed by atoms with van der Waals surface area (Å²) in [5, 5.41) is 12.3. The predicted molar refractivity (Wildman–Crippen MR) is 87.3 cm³/mol. The van der Waals surface area contributed by atoms with Crippen LogP contribution < -0.4 is 0 Å². The van der Waals surface area contributed by atoms with Crippen molar-refractivity contribution in [2.75, 3.05) is 0 Å². The number of nitrogens with one attached hydrogen (secondary N) is 1. The molecule has 0 spiro atoms. The summed E-state index contributed by atoms with van der Waals surface area (Å²) >= 11 is 1.70. The van der Waals surface area contributed by atoms with Gasteiger partial charge in [-0.25, -0.2) is 4.79 Å². The van der Waals surface area contributed by atoms with E-state index in [9.17, 15) is 4.79 Å². The molecule has 0 fully saturated rings. The molecule has 0 aliphatic heterocycles. The molecule has 21 heavy (non-hydrogen) atoms. The number of carboxylic acid groups (broad SMARTS) is 1. The quantitative estimate of drug-likeness (QED) is 0.703. The lowest BCUT2D eigenvalue weighted by Gasteiger charge is -2.10. The Morgan fingerprint density at radius 3 is 2.81 bits per heavy atom. The highest BCUT2D eigenvalue weighted by Crippen LogP contribution is 2.38. The summed E-state index contributed by atoms with van der Waals surface area (Å²) in [7, 11) is 0. The maximum Gasteiger partial charge on any atom is 0.335 e.